The molecule has 14 heteroatoms. The molecule has 1 N–H and O–H groups in total. The number of carboxylic acid groups (broad SMARTS) is 1. The van der Waals surface area contributed by atoms with Crippen LogP contribution in [0.1, 0.15) is 0 Å². The maximum atomic E-state index is 9.25. The van der Waals surface area contributed by atoms with Crippen molar-refractivity contribution in [2.45, 2.75) is 0 Å². The number of rotatable bonds is 1. The van der Waals surface area contributed by atoms with Crippen molar-refractivity contribution in [2.75, 3.05) is 0 Å². The highest BCUT2D eigenvalue weighted by molar-refractivity contribution is 6.50. The standard InChI is InChI=1S/C3H4O2.H12O6Si6/c1-2-3(4)5;1-7-2-9-4-11-6-12-5-10-3-8-1/h2H,1H2,(H,4,5);7-12H2. The van der Waals surface area contributed by atoms with E-state index in [9.17, 15) is 4.79 Å². The van der Waals surface area contributed by atoms with Gasteiger partial charge in [0.1, 0.15) is 0 Å². The Morgan fingerprint density at radius 1 is 0.824 bits per heavy atom. The van der Waals surface area contributed by atoms with Crippen molar-refractivity contribution in [1.82, 2.24) is 0 Å². The molecule has 8 nitrogen and oxygen atoms in total. The van der Waals surface area contributed by atoms with Crippen LogP contribution >= 0.6 is 0 Å². The van der Waals surface area contributed by atoms with E-state index in [0.29, 0.717) is 0 Å². The maximum absolute atomic E-state index is 9.25. The second-order valence-corrected chi connectivity index (χ2v) is 13.7. The highest BCUT2D eigenvalue weighted by Gasteiger charge is 1.97. The van der Waals surface area contributed by atoms with Gasteiger partial charge in [0, 0.05) is 6.08 Å². The molecule has 1 aliphatic rings. The predicted molar refractivity (Wildman–Crippen MR) is 75.6 cm³/mol. The first-order valence-corrected chi connectivity index (χ1v) is 11.5. The van der Waals surface area contributed by atoms with E-state index >= 15 is 0 Å². The summed E-state index contributed by atoms with van der Waals surface area (Å²) in [6.45, 7) is 2.96. The van der Waals surface area contributed by atoms with Gasteiger partial charge in [0.25, 0.3) is 60.0 Å². The summed E-state index contributed by atoms with van der Waals surface area (Å²) in [6.07, 6.45) is 0.833. The van der Waals surface area contributed by atoms with Crippen molar-refractivity contribution in [2.24, 2.45) is 0 Å². The molecular formula is C3H16O8Si6. The highest BCUT2D eigenvalue weighted by Crippen LogP contribution is 1.79. The molecule has 1 heterocycles. The minimum Gasteiger partial charge on any atom is -0.478 e. The van der Waals surface area contributed by atoms with Crippen molar-refractivity contribution in [3.63, 3.8) is 0 Å². The number of hydrogen-bond donors (Lipinski definition) is 1. The predicted octanol–water partition coefficient (Wildman–Crippen LogP) is -5.65. The summed E-state index contributed by atoms with van der Waals surface area (Å²) in [7, 11) is -4.77. The van der Waals surface area contributed by atoms with E-state index in [-0.39, 0.29) is 0 Å². The van der Waals surface area contributed by atoms with Crippen LogP contribution in [0, 0.1) is 0 Å². The van der Waals surface area contributed by atoms with Crippen molar-refractivity contribution in [3.8, 4) is 0 Å². The smallest absolute Gasteiger partial charge is 0.327 e. The number of carboxylic acids is 1. The monoisotopic (exact) mass is 348 g/mol. The van der Waals surface area contributed by atoms with Gasteiger partial charge in [-0.25, -0.2) is 4.79 Å². The molecule has 0 aromatic rings. The largest absolute Gasteiger partial charge is 0.478 e. The fourth-order valence-electron chi connectivity index (χ4n) is 0.558. The highest BCUT2D eigenvalue weighted by atomic mass is 28.4. The van der Waals surface area contributed by atoms with Gasteiger partial charge in [-0.2, -0.15) is 0 Å². The number of aliphatic carboxylic acids is 1. The summed E-state index contributed by atoms with van der Waals surface area (Å²) in [5, 5.41) is 7.60. The minimum absolute atomic E-state index is 0.795. The third-order valence-electron chi connectivity index (χ3n) is 1.17. The zero-order chi connectivity index (χ0) is 12.8. The Kier molecular flexibility index (Phi) is 14.6. The van der Waals surface area contributed by atoms with Crippen LogP contribution in [0.2, 0.25) is 0 Å². The van der Waals surface area contributed by atoms with Gasteiger partial charge in [0.05, 0.1) is 0 Å². The van der Waals surface area contributed by atoms with Crippen LogP contribution in [-0.2, 0) is 29.5 Å². The Morgan fingerprint density at radius 2 is 1.00 bits per heavy atom. The van der Waals surface area contributed by atoms with Crippen LogP contribution in [0.25, 0.3) is 0 Å². The van der Waals surface area contributed by atoms with Gasteiger partial charge in [0.2, 0.25) is 0 Å². The van der Waals surface area contributed by atoms with E-state index in [1.165, 1.54) is 0 Å². The molecule has 0 aliphatic carbocycles. The molecule has 0 atom stereocenters. The van der Waals surface area contributed by atoms with Crippen molar-refractivity contribution >= 4 is 66.0 Å². The molecule has 0 bridgehead atoms. The Labute approximate surface area is 113 Å². The van der Waals surface area contributed by atoms with Crippen molar-refractivity contribution < 1.29 is 34.6 Å². The molecule has 0 amide bonds. The van der Waals surface area contributed by atoms with Crippen LogP contribution in [-0.4, -0.2) is 71.1 Å². The van der Waals surface area contributed by atoms with Crippen LogP contribution in [0.5, 0.6) is 0 Å². The summed E-state index contributed by atoms with van der Waals surface area (Å²) < 4.78 is 31.4. The molecule has 100 valence electrons. The van der Waals surface area contributed by atoms with Crippen LogP contribution in [0.4, 0.5) is 0 Å². The van der Waals surface area contributed by atoms with Gasteiger partial charge >= 0.3 is 5.97 Å². The minimum atomic E-state index is -0.981. The Morgan fingerprint density at radius 3 is 1.12 bits per heavy atom. The number of carbonyl (C=O) groups is 1. The Bertz CT molecular complexity index is 161. The Balaban J connectivity index is 0.000000437. The average Bonchev–Trinajstić information content (AvgIpc) is 2.30. The fraction of sp³-hybridized carbons (Fsp3) is 0. The van der Waals surface area contributed by atoms with Gasteiger partial charge in [-0.3, -0.25) is 0 Å². The van der Waals surface area contributed by atoms with Crippen molar-refractivity contribution in [3.05, 3.63) is 12.7 Å². The second-order valence-electron chi connectivity index (χ2n) is 2.47. The first kappa shape index (κ1) is 17.3. The average molecular weight is 349 g/mol. The lowest BCUT2D eigenvalue weighted by Crippen LogP contribution is -2.23. The lowest BCUT2D eigenvalue weighted by atomic mass is 10.7. The Hall–Kier alpha value is 0.271. The molecule has 0 radical (unpaired) electrons. The summed E-state index contributed by atoms with van der Waals surface area (Å²) in [5.41, 5.74) is 0. The van der Waals surface area contributed by atoms with E-state index in [4.69, 9.17) is 29.8 Å². The molecule has 0 spiro atoms. The second kappa shape index (κ2) is 14.3. The lowest BCUT2D eigenvalue weighted by Gasteiger charge is -2.10. The summed E-state index contributed by atoms with van der Waals surface area (Å²) in [4.78, 5) is 9.25. The summed E-state index contributed by atoms with van der Waals surface area (Å²) in [5.74, 6) is -0.981. The first-order valence-electron chi connectivity index (χ1n) is 4.59. The quantitative estimate of drug-likeness (QED) is 0.370. The van der Waals surface area contributed by atoms with Gasteiger partial charge in [-0.05, 0) is 0 Å². The summed E-state index contributed by atoms with van der Waals surface area (Å²) >= 11 is 0. The van der Waals surface area contributed by atoms with Crippen LogP contribution in [0.3, 0.4) is 0 Å². The fourth-order valence-corrected chi connectivity index (χ4v) is 11.4. The lowest BCUT2D eigenvalue weighted by molar-refractivity contribution is -0.131. The zero-order valence-corrected chi connectivity index (χ0v) is 17.8. The zero-order valence-electron chi connectivity index (χ0n) is 9.33. The van der Waals surface area contributed by atoms with Gasteiger partial charge < -0.3 is 29.8 Å². The molecule has 0 saturated carbocycles. The van der Waals surface area contributed by atoms with E-state index < -0.39 is 66.0 Å². The third-order valence-corrected chi connectivity index (χ3v) is 9.17. The van der Waals surface area contributed by atoms with Crippen molar-refractivity contribution in [1.29, 1.82) is 0 Å². The normalized spacial score (nSPS) is 27.3. The molecule has 0 unspecified atom stereocenters. The van der Waals surface area contributed by atoms with Gasteiger partial charge in [0.15, 0.2) is 0 Å². The first-order chi connectivity index (χ1) is 8.27. The molecule has 1 rings (SSSR count). The summed E-state index contributed by atoms with van der Waals surface area (Å²) in [6, 6.07) is 0. The number of hydrogen-bond acceptors (Lipinski definition) is 7. The molecule has 1 aliphatic heterocycles. The molecule has 1 fully saturated rings. The molecule has 1 saturated heterocycles. The van der Waals surface area contributed by atoms with E-state index in [0.717, 1.165) is 6.08 Å². The molecular weight excluding hydrogens is 333 g/mol. The van der Waals surface area contributed by atoms with E-state index in [1.54, 1.807) is 0 Å². The van der Waals surface area contributed by atoms with E-state index in [2.05, 4.69) is 6.58 Å². The van der Waals surface area contributed by atoms with Crippen LogP contribution in [0.15, 0.2) is 12.7 Å². The topological polar surface area (TPSA) is 92.7 Å². The molecule has 17 heavy (non-hydrogen) atoms. The van der Waals surface area contributed by atoms with Crippen LogP contribution < -0.4 is 0 Å². The van der Waals surface area contributed by atoms with E-state index in [1.807, 2.05) is 0 Å². The van der Waals surface area contributed by atoms with Gasteiger partial charge in [-0.15, -0.1) is 0 Å². The van der Waals surface area contributed by atoms with Gasteiger partial charge in [-0.1, -0.05) is 6.58 Å². The third kappa shape index (κ3) is 16.3. The molecule has 0 aromatic carbocycles. The maximum Gasteiger partial charge on any atom is 0.327 e. The molecule has 0 aromatic heterocycles. The SMILES string of the molecule is C=CC(=O)O.O1[SiH2]O[SiH2]O[SiH2]O[SiH2]O[SiH2]O[SiH2]1.